The Balaban J connectivity index is 1.11. The van der Waals surface area contributed by atoms with Gasteiger partial charge in [0, 0.05) is 50.1 Å². The predicted octanol–water partition coefficient (Wildman–Crippen LogP) is 4.27. The molecule has 36 heavy (non-hydrogen) atoms. The lowest BCUT2D eigenvalue weighted by Crippen LogP contribution is -2.39. The average Bonchev–Trinajstić information content (AvgIpc) is 3.57. The van der Waals surface area contributed by atoms with Crippen LogP contribution >= 0.6 is 0 Å². The molecule has 0 unspecified atom stereocenters. The van der Waals surface area contributed by atoms with Crippen LogP contribution in [0.2, 0.25) is 0 Å². The molecule has 0 saturated carbocycles. The van der Waals surface area contributed by atoms with Crippen LogP contribution in [0.15, 0.2) is 67.3 Å². The van der Waals surface area contributed by atoms with Crippen molar-refractivity contribution in [1.82, 2.24) is 29.4 Å². The van der Waals surface area contributed by atoms with E-state index in [9.17, 15) is 18.4 Å². The van der Waals surface area contributed by atoms with E-state index in [2.05, 4.69) is 20.7 Å². The molecular weight excluding hydrogens is 468 g/mol. The molecule has 1 fully saturated rings. The molecule has 2 N–H and O–H groups in total. The molecule has 4 heterocycles. The minimum Gasteiger partial charge on any atom is -0.337 e. The summed E-state index contributed by atoms with van der Waals surface area (Å²) in [6, 6.07) is 12.5. The SMILES string of the molecule is O=C(NCc1ccn2ccnc2c1)Nc1ccc(C2CCN(C(=O)c3ccnn3C(F)F)CC2)cc1. The maximum atomic E-state index is 13.0. The predicted molar refractivity (Wildman–Crippen MR) is 129 cm³/mol. The number of alkyl halides is 2. The van der Waals surface area contributed by atoms with Gasteiger partial charge in [-0.3, -0.25) is 4.79 Å². The van der Waals surface area contributed by atoms with Crippen LogP contribution in [-0.2, 0) is 6.54 Å². The normalized spacial score (nSPS) is 14.4. The zero-order valence-corrected chi connectivity index (χ0v) is 19.3. The molecule has 0 bridgehead atoms. The Kier molecular flexibility index (Phi) is 6.61. The molecule has 1 aliphatic heterocycles. The summed E-state index contributed by atoms with van der Waals surface area (Å²) in [6.07, 6.45) is 8.14. The molecule has 0 spiro atoms. The molecule has 9 nitrogen and oxygen atoms in total. The fraction of sp³-hybridized carbons (Fsp3) is 0.280. The van der Waals surface area contributed by atoms with Crippen molar-refractivity contribution in [2.24, 2.45) is 0 Å². The molecule has 11 heteroatoms. The van der Waals surface area contributed by atoms with Gasteiger partial charge in [0.05, 0.1) is 0 Å². The molecule has 3 aromatic heterocycles. The summed E-state index contributed by atoms with van der Waals surface area (Å²) in [7, 11) is 0. The third-order valence-corrected chi connectivity index (χ3v) is 6.41. The van der Waals surface area contributed by atoms with E-state index < -0.39 is 12.5 Å². The number of pyridine rings is 1. The smallest absolute Gasteiger partial charge is 0.333 e. The van der Waals surface area contributed by atoms with Gasteiger partial charge in [0.1, 0.15) is 11.3 Å². The summed E-state index contributed by atoms with van der Waals surface area (Å²) in [4.78, 5) is 30.8. The second kappa shape index (κ2) is 10.1. The highest BCUT2D eigenvalue weighted by Gasteiger charge is 2.27. The van der Waals surface area contributed by atoms with E-state index in [1.54, 1.807) is 11.1 Å². The topological polar surface area (TPSA) is 96.6 Å². The number of likely N-dealkylation sites (tertiary alicyclic amines) is 1. The molecule has 1 saturated heterocycles. The standard InChI is InChI=1S/C25H25F2N7O2/c26-24(27)34-21(5-9-30-34)23(35)33-12-7-19(8-13-33)18-1-3-20(4-2-18)31-25(36)29-16-17-6-11-32-14-10-28-22(32)15-17/h1-6,9-11,14-15,19,24H,7-8,12-13,16H2,(H2,29,31,36). The van der Waals surface area contributed by atoms with E-state index in [0.29, 0.717) is 30.0 Å². The van der Waals surface area contributed by atoms with E-state index in [4.69, 9.17) is 0 Å². The number of carbonyl (C=O) groups is 2. The Hall–Kier alpha value is -4.28. The van der Waals surface area contributed by atoms with Crippen LogP contribution in [0.3, 0.4) is 0 Å². The molecule has 0 radical (unpaired) electrons. The van der Waals surface area contributed by atoms with Gasteiger partial charge in [-0.2, -0.15) is 18.6 Å². The monoisotopic (exact) mass is 493 g/mol. The lowest BCUT2D eigenvalue weighted by Gasteiger charge is -2.32. The summed E-state index contributed by atoms with van der Waals surface area (Å²) >= 11 is 0. The van der Waals surface area contributed by atoms with Crippen LogP contribution in [0.5, 0.6) is 0 Å². The third-order valence-electron chi connectivity index (χ3n) is 6.41. The molecule has 5 rings (SSSR count). The van der Waals surface area contributed by atoms with Crippen molar-refractivity contribution in [3.05, 3.63) is 84.1 Å². The van der Waals surface area contributed by atoms with E-state index in [1.807, 2.05) is 53.2 Å². The van der Waals surface area contributed by atoms with Crippen LogP contribution in [0.4, 0.5) is 19.3 Å². The summed E-state index contributed by atoms with van der Waals surface area (Å²) in [5, 5.41) is 9.22. The zero-order valence-electron chi connectivity index (χ0n) is 19.3. The number of piperidine rings is 1. The molecule has 3 amide bonds. The van der Waals surface area contributed by atoms with E-state index in [0.717, 1.165) is 29.6 Å². The average molecular weight is 494 g/mol. The first-order chi connectivity index (χ1) is 17.5. The van der Waals surface area contributed by atoms with Crippen LogP contribution in [0.25, 0.3) is 5.65 Å². The van der Waals surface area contributed by atoms with Crippen molar-refractivity contribution in [1.29, 1.82) is 0 Å². The fourth-order valence-corrected chi connectivity index (χ4v) is 4.48. The van der Waals surface area contributed by atoms with Gasteiger partial charge in [0.2, 0.25) is 0 Å². The Morgan fingerprint density at radius 1 is 1.03 bits per heavy atom. The molecule has 1 aliphatic rings. The van der Waals surface area contributed by atoms with Crippen molar-refractivity contribution in [3.8, 4) is 0 Å². The Morgan fingerprint density at radius 3 is 2.56 bits per heavy atom. The number of rotatable bonds is 6. The number of urea groups is 1. The highest BCUT2D eigenvalue weighted by Crippen LogP contribution is 2.29. The minimum absolute atomic E-state index is 0.0979. The fourth-order valence-electron chi connectivity index (χ4n) is 4.48. The Bertz CT molecular complexity index is 1360. The number of hydrogen-bond donors (Lipinski definition) is 2. The van der Waals surface area contributed by atoms with E-state index >= 15 is 0 Å². The quantitative estimate of drug-likeness (QED) is 0.419. The molecule has 1 aromatic carbocycles. The van der Waals surface area contributed by atoms with Gasteiger partial charge in [-0.05, 0) is 60.2 Å². The highest BCUT2D eigenvalue weighted by molar-refractivity contribution is 5.92. The molecule has 0 atom stereocenters. The lowest BCUT2D eigenvalue weighted by atomic mass is 9.89. The van der Waals surface area contributed by atoms with Gasteiger partial charge < -0.3 is 19.9 Å². The first-order valence-corrected chi connectivity index (χ1v) is 11.7. The second-order valence-corrected chi connectivity index (χ2v) is 8.66. The summed E-state index contributed by atoms with van der Waals surface area (Å²) in [6.45, 7) is -1.52. The number of benzene rings is 1. The lowest BCUT2D eigenvalue weighted by molar-refractivity contribution is 0.0451. The van der Waals surface area contributed by atoms with Gasteiger partial charge in [-0.25, -0.2) is 9.78 Å². The van der Waals surface area contributed by atoms with Crippen LogP contribution < -0.4 is 10.6 Å². The van der Waals surface area contributed by atoms with Gasteiger partial charge in [-0.1, -0.05) is 12.1 Å². The number of imidazole rings is 1. The number of nitrogens with zero attached hydrogens (tertiary/aromatic N) is 5. The maximum absolute atomic E-state index is 13.0. The first-order valence-electron chi connectivity index (χ1n) is 11.7. The molecular formula is C25H25F2N7O2. The van der Waals surface area contributed by atoms with E-state index in [1.165, 1.54) is 12.3 Å². The summed E-state index contributed by atoms with van der Waals surface area (Å²) in [5.41, 5.74) is 3.45. The van der Waals surface area contributed by atoms with Crippen LogP contribution in [0, 0.1) is 0 Å². The molecule has 0 aliphatic carbocycles. The first kappa shape index (κ1) is 23.5. The molecule has 186 valence electrons. The Morgan fingerprint density at radius 2 is 1.81 bits per heavy atom. The number of hydrogen-bond acceptors (Lipinski definition) is 4. The number of halogens is 2. The number of nitrogens with one attached hydrogen (secondary N) is 2. The van der Waals surface area contributed by atoms with Gasteiger partial charge in [-0.15, -0.1) is 0 Å². The zero-order chi connectivity index (χ0) is 25.1. The van der Waals surface area contributed by atoms with Crippen molar-refractivity contribution >= 4 is 23.3 Å². The summed E-state index contributed by atoms with van der Waals surface area (Å²) < 4.78 is 28.4. The maximum Gasteiger partial charge on any atom is 0.333 e. The number of carbonyl (C=O) groups excluding carboxylic acids is 2. The second-order valence-electron chi connectivity index (χ2n) is 8.66. The highest BCUT2D eigenvalue weighted by atomic mass is 19.3. The Labute approximate surface area is 205 Å². The van der Waals surface area contributed by atoms with Gasteiger partial charge in [0.15, 0.2) is 0 Å². The van der Waals surface area contributed by atoms with Crippen molar-refractivity contribution in [2.75, 3.05) is 18.4 Å². The van der Waals surface area contributed by atoms with Crippen molar-refractivity contribution in [2.45, 2.75) is 31.9 Å². The number of anilines is 1. The third kappa shape index (κ3) is 5.04. The molecule has 4 aromatic rings. The number of aromatic nitrogens is 4. The van der Waals surface area contributed by atoms with Crippen molar-refractivity contribution < 1.29 is 18.4 Å². The van der Waals surface area contributed by atoms with Crippen LogP contribution in [0.1, 0.15) is 46.9 Å². The largest absolute Gasteiger partial charge is 0.337 e. The number of amides is 3. The van der Waals surface area contributed by atoms with Gasteiger partial charge >= 0.3 is 12.6 Å². The summed E-state index contributed by atoms with van der Waals surface area (Å²) in [5.74, 6) is -0.184. The van der Waals surface area contributed by atoms with Crippen molar-refractivity contribution in [3.63, 3.8) is 0 Å². The van der Waals surface area contributed by atoms with Gasteiger partial charge in [0.25, 0.3) is 5.91 Å². The van der Waals surface area contributed by atoms with Crippen LogP contribution in [-0.4, -0.2) is 49.1 Å². The van der Waals surface area contributed by atoms with E-state index in [-0.39, 0.29) is 17.6 Å². The minimum atomic E-state index is -2.85. The number of fused-ring (bicyclic) bond motifs is 1.